The number of hydrogen-bond acceptors (Lipinski definition) is 0. The Labute approximate surface area is 114 Å². The van der Waals surface area contributed by atoms with E-state index < -0.39 is 0 Å². The minimum absolute atomic E-state index is 1.05. The lowest BCUT2D eigenvalue weighted by Crippen LogP contribution is -2.25. The topological polar surface area (TPSA) is 0 Å². The zero-order chi connectivity index (χ0) is 12.5. The van der Waals surface area contributed by atoms with E-state index in [1.54, 1.807) is 44.9 Å². The van der Waals surface area contributed by atoms with E-state index in [-0.39, 0.29) is 0 Å². The largest absolute Gasteiger partial charge is 0.0651 e. The highest BCUT2D eigenvalue weighted by atomic mass is 14.5. The predicted octanol–water partition coefficient (Wildman–Crippen LogP) is 5.67. The van der Waals surface area contributed by atoms with Gasteiger partial charge in [0.2, 0.25) is 0 Å². The molecule has 3 rings (SSSR count). The maximum Gasteiger partial charge on any atom is -0.0355 e. The van der Waals surface area contributed by atoms with Gasteiger partial charge >= 0.3 is 0 Å². The second kappa shape index (κ2) is 5.55. The molecule has 0 aromatic heterocycles. The van der Waals surface area contributed by atoms with Crippen LogP contribution in [0.4, 0.5) is 0 Å². The summed E-state index contributed by atoms with van der Waals surface area (Å²) in [4.78, 5) is 0. The summed E-state index contributed by atoms with van der Waals surface area (Å²) in [7, 11) is 0. The number of hydrogen-bond donors (Lipinski definition) is 0. The Balaban J connectivity index is 1.60. The molecule has 104 valence electrons. The molecule has 0 aromatic rings. The lowest BCUT2D eigenvalue weighted by molar-refractivity contribution is 0.159. The Morgan fingerprint density at radius 1 is 0.778 bits per heavy atom. The molecule has 0 N–H and O–H groups in total. The lowest BCUT2D eigenvalue weighted by atomic mass is 9.71. The van der Waals surface area contributed by atoms with Crippen molar-refractivity contribution in [1.29, 1.82) is 0 Å². The van der Waals surface area contributed by atoms with E-state index in [9.17, 15) is 0 Å². The minimum Gasteiger partial charge on any atom is -0.0651 e. The van der Waals surface area contributed by atoms with Crippen LogP contribution in [-0.2, 0) is 0 Å². The van der Waals surface area contributed by atoms with Crippen LogP contribution in [0.1, 0.15) is 78.1 Å². The van der Waals surface area contributed by atoms with Gasteiger partial charge in [0, 0.05) is 0 Å². The van der Waals surface area contributed by atoms with Crippen LogP contribution in [0.2, 0.25) is 0 Å². The normalized spacial score (nSPS) is 49.0. The van der Waals surface area contributed by atoms with Crippen LogP contribution in [0.15, 0.2) is 0 Å². The third kappa shape index (κ3) is 2.37. The summed E-state index contributed by atoms with van der Waals surface area (Å²) in [6.45, 7) is 4.99. The van der Waals surface area contributed by atoms with Crippen LogP contribution in [0.25, 0.3) is 0 Å². The van der Waals surface area contributed by atoms with Crippen LogP contribution in [0, 0.1) is 35.5 Å². The molecule has 3 fully saturated rings. The van der Waals surface area contributed by atoms with Crippen molar-refractivity contribution in [3.8, 4) is 0 Å². The summed E-state index contributed by atoms with van der Waals surface area (Å²) in [5.74, 6) is 6.58. The molecule has 0 amide bonds. The highest BCUT2D eigenvalue weighted by Gasteiger charge is 2.44. The molecule has 0 bridgehead atoms. The summed E-state index contributed by atoms with van der Waals surface area (Å²) < 4.78 is 0. The van der Waals surface area contributed by atoms with Gasteiger partial charge in [-0.3, -0.25) is 0 Å². The van der Waals surface area contributed by atoms with Gasteiger partial charge in [0.05, 0.1) is 0 Å². The summed E-state index contributed by atoms with van der Waals surface area (Å²) in [5, 5.41) is 0. The fourth-order valence-corrected chi connectivity index (χ4v) is 5.75. The van der Waals surface area contributed by atoms with E-state index in [0.717, 1.165) is 35.5 Å². The van der Waals surface area contributed by atoms with Crippen molar-refractivity contribution >= 4 is 0 Å². The third-order valence-corrected chi connectivity index (χ3v) is 6.97. The van der Waals surface area contributed by atoms with Crippen molar-refractivity contribution in [2.75, 3.05) is 0 Å². The summed E-state index contributed by atoms with van der Waals surface area (Å²) in [6.07, 6.45) is 15.4. The zero-order valence-electron chi connectivity index (χ0n) is 12.5. The molecule has 0 heterocycles. The van der Waals surface area contributed by atoms with E-state index >= 15 is 0 Å². The molecule has 4 atom stereocenters. The van der Waals surface area contributed by atoms with Crippen molar-refractivity contribution in [1.82, 2.24) is 0 Å². The van der Waals surface area contributed by atoms with Gasteiger partial charge in [-0.2, -0.15) is 0 Å². The van der Waals surface area contributed by atoms with E-state index in [4.69, 9.17) is 0 Å². The van der Waals surface area contributed by atoms with E-state index in [0.29, 0.717) is 0 Å². The van der Waals surface area contributed by atoms with Crippen molar-refractivity contribution in [2.24, 2.45) is 35.5 Å². The van der Waals surface area contributed by atoms with Crippen molar-refractivity contribution in [3.63, 3.8) is 0 Å². The Morgan fingerprint density at radius 2 is 1.50 bits per heavy atom. The van der Waals surface area contributed by atoms with Crippen LogP contribution in [-0.4, -0.2) is 0 Å². The van der Waals surface area contributed by atoms with Gasteiger partial charge < -0.3 is 0 Å². The molecule has 0 saturated heterocycles. The second-order valence-corrected chi connectivity index (χ2v) is 7.66. The van der Waals surface area contributed by atoms with Crippen LogP contribution in [0.3, 0.4) is 0 Å². The molecular formula is C18H32. The average Bonchev–Trinajstić information content (AvgIpc) is 2.77. The third-order valence-electron chi connectivity index (χ3n) is 6.97. The minimum atomic E-state index is 1.05. The van der Waals surface area contributed by atoms with Gasteiger partial charge in [0.25, 0.3) is 0 Å². The van der Waals surface area contributed by atoms with Crippen LogP contribution >= 0.6 is 0 Å². The van der Waals surface area contributed by atoms with Crippen molar-refractivity contribution in [2.45, 2.75) is 78.1 Å². The molecular weight excluding hydrogens is 216 g/mol. The van der Waals surface area contributed by atoms with Crippen molar-refractivity contribution in [3.05, 3.63) is 0 Å². The average molecular weight is 248 g/mol. The number of rotatable bonds is 2. The molecule has 0 nitrogen and oxygen atoms in total. The smallest absolute Gasteiger partial charge is 0.0355 e. The van der Waals surface area contributed by atoms with E-state index in [1.165, 1.54) is 19.3 Å². The van der Waals surface area contributed by atoms with Gasteiger partial charge in [-0.1, -0.05) is 52.4 Å². The Hall–Kier alpha value is 0. The maximum absolute atomic E-state index is 2.60. The van der Waals surface area contributed by atoms with E-state index in [1.807, 2.05) is 0 Å². The summed E-state index contributed by atoms with van der Waals surface area (Å²) in [5.41, 5.74) is 0. The molecule has 18 heavy (non-hydrogen) atoms. The van der Waals surface area contributed by atoms with Crippen molar-refractivity contribution < 1.29 is 0 Å². The lowest BCUT2D eigenvalue weighted by Gasteiger charge is -2.34. The molecule has 3 saturated carbocycles. The molecule has 3 aliphatic rings. The summed E-state index contributed by atoms with van der Waals surface area (Å²) >= 11 is 0. The Kier molecular flexibility index (Phi) is 4.01. The standard InChI is InChI=1S/C18H32/c1-3-14-8-10-15(11-9-14)18-12-16-6-4-5-7-17(16)13(18)2/h13-18H,3-12H2,1-2H3. The van der Waals surface area contributed by atoms with Gasteiger partial charge in [0.15, 0.2) is 0 Å². The van der Waals surface area contributed by atoms with Gasteiger partial charge in [-0.25, -0.2) is 0 Å². The Bertz CT molecular complexity index is 261. The molecule has 3 aliphatic carbocycles. The summed E-state index contributed by atoms with van der Waals surface area (Å²) in [6, 6.07) is 0. The fraction of sp³-hybridized carbons (Fsp3) is 1.00. The monoisotopic (exact) mass is 248 g/mol. The quantitative estimate of drug-likeness (QED) is 0.591. The molecule has 0 aliphatic heterocycles. The maximum atomic E-state index is 2.60. The number of fused-ring (bicyclic) bond motifs is 1. The second-order valence-electron chi connectivity index (χ2n) is 7.66. The molecule has 0 aromatic carbocycles. The first kappa shape index (κ1) is 13.0. The SMILES string of the molecule is CCC1CCC(C2CC3CCCCC3C2C)CC1. The first-order chi connectivity index (χ1) is 8.79. The highest BCUT2D eigenvalue weighted by Crippen LogP contribution is 2.53. The first-order valence-corrected chi connectivity index (χ1v) is 8.79. The van der Waals surface area contributed by atoms with Gasteiger partial charge in [0.1, 0.15) is 0 Å². The van der Waals surface area contributed by atoms with Gasteiger partial charge in [-0.05, 0) is 61.2 Å². The molecule has 0 spiro atoms. The Morgan fingerprint density at radius 3 is 2.17 bits per heavy atom. The van der Waals surface area contributed by atoms with Crippen LogP contribution in [0.5, 0.6) is 0 Å². The molecule has 0 radical (unpaired) electrons. The molecule has 0 heteroatoms. The van der Waals surface area contributed by atoms with Crippen LogP contribution < -0.4 is 0 Å². The van der Waals surface area contributed by atoms with E-state index in [2.05, 4.69) is 13.8 Å². The highest BCUT2D eigenvalue weighted by molar-refractivity contribution is 4.94. The van der Waals surface area contributed by atoms with Gasteiger partial charge in [-0.15, -0.1) is 0 Å². The molecule has 4 unspecified atom stereocenters. The zero-order valence-corrected chi connectivity index (χ0v) is 12.5. The fourth-order valence-electron chi connectivity index (χ4n) is 5.75. The first-order valence-electron chi connectivity index (χ1n) is 8.79. The predicted molar refractivity (Wildman–Crippen MR) is 78.5 cm³/mol.